The lowest BCUT2D eigenvalue weighted by Gasteiger charge is -2.21. The Hall–Kier alpha value is -4.34. The topological polar surface area (TPSA) is 126 Å². The molecule has 0 unspecified atom stereocenters. The highest BCUT2D eigenvalue weighted by Gasteiger charge is 2.36. The van der Waals surface area contributed by atoms with E-state index in [1.165, 1.54) is 5.01 Å². The van der Waals surface area contributed by atoms with Crippen molar-refractivity contribution in [1.82, 2.24) is 14.6 Å². The van der Waals surface area contributed by atoms with Crippen LogP contribution < -0.4 is 20.7 Å². The summed E-state index contributed by atoms with van der Waals surface area (Å²) in [5.41, 5.74) is 1.44. The second-order valence-electron chi connectivity index (χ2n) is 8.61. The van der Waals surface area contributed by atoms with E-state index in [4.69, 9.17) is 9.47 Å². The molecule has 5 rings (SSSR count). The quantitative estimate of drug-likeness (QED) is 0.596. The van der Waals surface area contributed by atoms with Crippen LogP contribution in [0.25, 0.3) is 5.69 Å². The van der Waals surface area contributed by atoms with Crippen LogP contribution in [0.15, 0.2) is 51.1 Å². The van der Waals surface area contributed by atoms with Crippen LogP contribution >= 0.6 is 0 Å². The molecule has 2 aliphatic heterocycles. The summed E-state index contributed by atoms with van der Waals surface area (Å²) in [6.45, 7) is 5.58. The number of nitrogens with zero attached hydrogens (tertiary/aromatic N) is 3. The number of carbonyl (C=O) groups is 1. The highest BCUT2D eigenvalue weighted by atomic mass is 16.7. The molecule has 3 heterocycles. The number of benzene rings is 2. The molecule has 180 valence electrons. The van der Waals surface area contributed by atoms with Gasteiger partial charge < -0.3 is 14.6 Å². The Kier molecular flexibility index (Phi) is 5.43. The first-order valence-electron chi connectivity index (χ1n) is 11.2. The van der Waals surface area contributed by atoms with Crippen LogP contribution in [-0.4, -0.2) is 38.1 Å². The molecule has 10 heteroatoms. The van der Waals surface area contributed by atoms with Crippen molar-refractivity contribution < 1.29 is 19.4 Å². The molecule has 0 fully saturated rings. The van der Waals surface area contributed by atoms with E-state index in [1.54, 1.807) is 31.2 Å². The zero-order valence-electron chi connectivity index (χ0n) is 19.5. The molecule has 0 bridgehead atoms. The molecular formula is C25H24N4O6. The Morgan fingerprint density at radius 1 is 1.11 bits per heavy atom. The minimum atomic E-state index is -0.776. The normalized spacial score (nSPS) is 16.5. The number of aromatic hydroxyl groups is 1. The molecule has 1 amide bonds. The Morgan fingerprint density at radius 2 is 1.83 bits per heavy atom. The summed E-state index contributed by atoms with van der Waals surface area (Å²) in [5.74, 6) is 0.388. The van der Waals surface area contributed by atoms with Gasteiger partial charge in [0.25, 0.3) is 5.56 Å². The minimum Gasteiger partial charge on any atom is -0.493 e. The third-order valence-electron chi connectivity index (χ3n) is 6.09. The summed E-state index contributed by atoms with van der Waals surface area (Å²) in [4.78, 5) is 40.6. The number of carbonyl (C=O) groups excluding carboxylic acids is 1. The number of aryl methyl sites for hydroxylation is 2. The minimum absolute atomic E-state index is 0.117. The number of aromatic amines is 1. The number of hydrogen-bond acceptors (Lipinski definition) is 7. The van der Waals surface area contributed by atoms with Crippen molar-refractivity contribution in [3.05, 3.63) is 79.5 Å². The van der Waals surface area contributed by atoms with Gasteiger partial charge in [-0.1, -0.05) is 19.1 Å². The van der Waals surface area contributed by atoms with Gasteiger partial charge in [0.05, 0.1) is 17.4 Å². The van der Waals surface area contributed by atoms with Gasteiger partial charge in [-0.3, -0.25) is 14.6 Å². The molecule has 2 N–H and O–H groups in total. The van der Waals surface area contributed by atoms with Gasteiger partial charge in [-0.05, 0) is 54.8 Å². The Morgan fingerprint density at radius 3 is 2.54 bits per heavy atom. The average Bonchev–Trinajstić information content (AvgIpc) is 3.44. The zero-order valence-corrected chi connectivity index (χ0v) is 19.5. The monoisotopic (exact) mass is 476 g/mol. The molecular weight excluding hydrogens is 452 g/mol. The molecule has 0 radical (unpaired) electrons. The fourth-order valence-electron chi connectivity index (χ4n) is 4.54. The second-order valence-corrected chi connectivity index (χ2v) is 8.61. The molecule has 1 aromatic heterocycles. The number of hydrogen-bond donors (Lipinski definition) is 2. The number of hydrazone groups is 1. The lowest BCUT2D eigenvalue weighted by molar-refractivity contribution is -0.132. The summed E-state index contributed by atoms with van der Waals surface area (Å²) in [5, 5.41) is 16.9. The van der Waals surface area contributed by atoms with Gasteiger partial charge in [0.15, 0.2) is 11.5 Å². The highest BCUT2D eigenvalue weighted by Crippen LogP contribution is 2.39. The molecule has 2 aromatic carbocycles. The number of rotatable bonds is 4. The van der Waals surface area contributed by atoms with Crippen LogP contribution in [-0.2, 0) is 4.79 Å². The van der Waals surface area contributed by atoms with Crippen molar-refractivity contribution in [3.8, 4) is 23.1 Å². The molecule has 2 aliphatic rings. The van der Waals surface area contributed by atoms with E-state index < -0.39 is 23.2 Å². The van der Waals surface area contributed by atoms with Crippen molar-refractivity contribution >= 4 is 11.6 Å². The van der Waals surface area contributed by atoms with E-state index in [-0.39, 0.29) is 36.8 Å². The molecule has 0 aliphatic carbocycles. The number of aromatic nitrogens is 2. The summed E-state index contributed by atoms with van der Waals surface area (Å²) in [6, 6.07) is 10.2. The van der Waals surface area contributed by atoms with Gasteiger partial charge in [-0.25, -0.2) is 14.4 Å². The van der Waals surface area contributed by atoms with Gasteiger partial charge in [0.2, 0.25) is 18.6 Å². The molecule has 0 saturated carbocycles. The Labute approximate surface area is 200 Å². The molecule has 1 atom stereocenters. The summed E-state index contributed by atoms with van der Waals surface area (Å²) < 4.78 is 11.9. The Bertz CT molecular complexity index is 1480. The first kappa shape index (κ1) is 22.5. The fourth-order valence-corrected chi connectivity index (χ4v) is 4.54. The maximum atomic E-state index is 12.9. The van der Waals surface area contributed by atoms with Gasteiger partial charge in [-0.2, -0.15) is 5.10 Å². The first-order chi connectivity index (χ1) is 16.8. The van der Waals surface area contributed by atoms with Crippen LogP contribution in [0.4, 0.5) is 0 Å². The lowest BCUT2D eigenvalue weighted by Crippen LogP contribution is -2.33. The van der Waals surface area contributed by atoms with Crippen molar-refractivity contribution in [3.63, 3.8) is 0 Å². The molecule has 0 spiro atoms. The zero-order chi connectivity index (χ0) is 24.9. The van der Waals surface area contributed by atoms with Crippen LogP contribution in [0.1, 0.15) is 48.1 Å². The van der Waals surface area contributed by atoms with Crippen LogP contribution in [0.2, 0.25) is 0 Å². The number of fused-ring (bicyclic) bond motifs is 1. The summed E-state index contributed by atoms with van der Waals surface area (Å²) >= 11 is 0. The van der Waals surface area contributed by atoms with Crippen LogP contribution in [0, 0.1) is 13.8 Å². The van der Waals surface area contributed by atoms with E-state index in [9.17, 15) is 19.5 Å². The van der Waals surface area contributed by atoms with E-state index in [0.29, 0.717) is 17.2 Å². The van der Waals surface area contributed by atoms with Crippen molar-refractivity contribution in [1.29, 1.82) is 0 Å². The van der Waals surface area contributed by atoms with Gasteiger partial charge in [0, 0.05) is 12.8 Å². The number of nitrogens with one attached hydrogen (secondary N) is 1. The standard InChI is InChI=1S/C25H24N4O6/c1-4-21(30)29-18(15-5-6-19-20(10-15)35-12-34-19)11-17(27-29)22-23(31)26-25(33)28(24(22)32)16-8-13(2)7-14(3)9-16/h5-10,18,32H,4,11-12H2,1-3H3,(H,26,31,33)/t18-/m1/s1. The molecule has 10 nitrogen and oxygen atoms in total. The SMILES string of the molecule is CCC(=O)N1N=C(c2c(O)n(-c3cc(C)cc(C)c3)c(=O)[nH]c2=O)C[C@@H]1c1ccc2c(c1)OCO2. The van der Waals surface area contributed by atoms with Crippen molar-refractivity contribution in [2.24, 2.45) is 5.10 Å². The van der Waals surface area contributed by atoms with E-state index in [0.717, 1.165) is 21.3 Å². The smallest absolute Gasteiger partial charge is 0.335 e. The van der Waals surface area contributed by atoms with Crippen molar-refractivity contribution in [2.45, 2.75) is 39.7 Å². The third kappa shape index (κ3) is 3.86. The van der Waals surface area contributed by atoms with Gasteiger partial charge in [0.1, 0.15) is 5.56 Å². The average molecular weight is 476 g/mol. The largest absolute Gasteiger partial charge is 0.493 e. The first-order valence-corrected chi connectivity index (χ1v) is 11.2. The highest BCUT2D eigenvalue weighted by molar-refractivity contribution is 6.04. The van der Waals surface area contributed by atoms with Crippen molar-refractivity contribution in [2.75, 3.05) is 6.79 Å². The maximum Gasteiger partial charge on any atom is 0.335 e. The number of amides is 1. The van der Waals surface area contributed by atoms with Gasteiger partial charge in [-0.15, -0.1) is 0 Å². The predicted molar refractivity (Wildman–Crippen MR) is 127 cm³/mol. The van der Waals surface area contributed by atoms with E-state index in [1.807, 2.05) is 26.0 Å². The molecule has 3 aromatic rings. The predicted octanol–water partition coefficient (Wildman–Crippen LogP) is 2.66. The van der Waals surface area contributed by atoms with E-state index in [2.05, 4.69) is 10.1 Å². The van der Waals surface area contributed by atoms with E-state index >= 15 is 0 Å². The molecule has 0 saturated heterocycles. The molecule has 35 heavy (non-hydrogen) atoms. The second kappa shape index (κ2) is 8.46. The Balaban J connectivity index is 1.62. The lowest BCUT2D eigenvalue weighted by atomic mass is 9.98. The van der Waals surface area contributed by atoms with Crippen LogP contribution in [0.3, 0.4) is 0 Å². The summed E-state index contributed by atoms with van der Waals surface area (Å²) in [6.07, 6.45) is 0.356. The number of ether oxygens (including phenoxy) is 2. The summed E-state index contributed by atoms with van der Waals surface area (Å²) in [7, 11) is 0. The maximum absolute atomic E-state index is 12.9. The van der Waals surface area contributed by atoms with Gasteiger partial charge >= 0.3 is 5.69 Å². The third-order valence-corrected chi connectivity index (χ3v) is 6.09. The van der Waals surface area contributed by atoms with Crippen LogP contribution in [0.5, 0.6) is 17.4 Å². The fraction of sp³-hybridized carbons (Fsp3) is 0.280. The number of H-pyrrole nitrogens is 1.